The predicted molar refractivity (Wildman–Crippen MR) is 97.3 cm³/mol. The Hall–Kier alpha value is -2.79. The molecular weight excluding hydrogens is 354 g/mol. The summed E-state index contributed by atoms with van der Waals surface area (Å²) < 4.78 is 10.7. The van der Waals surface area contributed by atoms with E-state index in [4.69, 9.17) is 21.1 Å². The molecule has 0 bridgehead atoms. The van der Waals surface area contributed by atoms with Crippen molar-refractivity contribution in [1.29, 1.82) is 0 Å². The Balaban J connectivity index is 1.84. The molecule has 6 heteroatoms. The van der Waals surface area contributed by atoms with Crippen LogP contribution < -0.4 is 9.64 Å². The SMILES string of the molecule is COc1ccccc1C1CC(=O)N(c2ccc(Cl)cc2)C2=C1C(=O)OC2. The minimum atomic E-state index is -0.387. The average Bonchev–Trinajstić information content (AvgIpc) is 3.04. The number of amides is 1. The fourth-order valence-corrected chi connectivity index (χ4v) is 3.69. The van der Waals surface area contributed by atoms with E-state index in [1.807, 2.05) is 24.3 Å². The second kappa shape index (κ2) is 6.50. The number of anilines is 1. The van der Waals surface area contributed by atoms with Crippen molar-refractivity contribution < 1.29 is 19.1 Å². The van der Waals surface area contributed by atoms with Crippen molar-refractivity contribution in [2.75, 3.05) is 18.6 Å². The van der Waals surface area contributed by atoms with Gasteiger partial charge in [0.25, 0.3) is 0 Å². The van der Waals surface area contributed by atoms with Crippen LogP contribution in [0.2, 0.25) is 5.02 Å². The van der Waals surface area contributed by atoms with E-state index >= 15 is 0 Å². The molecule has 0 aliphatic carbocycles. The van der Waals surface area contributed by atoms with Crippen molar-refractivity contribution >= 4 is 29.2 Å². The Morgan fingerprint density at radius 2 is 1.85 bits per heavy atom. The largest absolute Gasteiger partial charge is 0.496 e. The third-order valence-corrected chi connectivity index (χ3v) is 4.97. The number of rotatable bonds is 3. The highest BCUT2D eigenvalue weighted by Gasteiger charge is 2.43. The number of cyclic esters (lactones) is 1. The van der Waals surface area contributed by atoms with E-state index in [1.165, 1.54) is 0 Å². The van der Waals surface area contributed by atoms with Crippen LogP contribution in [-0.4, -0.2) is 25.6 Å². The first-order valence-electron chi connectivity index (χ1n) is 8.21. The van der Waals surface area contributed by atoms with Gasteiger partial charge in [0.15, 0.2) is 0 Å². The normalized spacial score (nSPS) is 19.5. The molecule has 26 heavy (non-hydrogen) atoms. The minimum Gasteiger partial charge on any atom is -0.496 e. The first kappa shape index (κ1) is 16.7. The molecule has 0 aromatic heterocycles. The van der Waals surface area contributed by atoms with Crippen LogP contribution in [-0.2, 0) is 14.3 Å². The van der Waals surface area contributed by atoms with Gasteiger partial charge in [-0.1, -0.05) is 29.8 Å². The Bertz CT molecular complexity index is 920. The fraction of sp³-hybridized carbons (Fsp3) is 0.200. The van der Waals surface area contributed by atoms with Gasteiger partial charge in [-0.05, 0) is 30.3 Å². The number of carbonyl (C=O) groups excluding carboxylic acids is 2. The van der Waals surface area contributed by atoms with Crippen LogP contribution in [0, 0.1) is 0 Å². The standard InChI is InChI=1S/C20H16ClNO4/c1-25-17-5-3-2-4-14(17)15-10-18(23)22(13-8-6-12(21)7-9-13)16-11-26-20(24)19(15)16/h2-9,15H,10-11H2,1H3. The number of benzene rings is 2. The van der Waals surface area contributed by atoms with E-state index in [0.717, 1.165) is 5.56 Å². The second-order valence-electron chi connectivity index (χ2n) is 6.14. The van der Waals surface area contributed by atoms with E-state index in [-0.39, 0.29) is 30.8 Å². The number of carbonyl (C=O) groups is 2. The van der Waals surface area contributed by atoms with Crippen LogP contribution in [0.15, 0.2) is 59.8 Å². The van der Waals surface area contributed by atoms with Gasteiger partial charge in [-0.3, -0.25) is 9.69 Å². The van der Waals surface area contributed by atoms with Crippen molar-refractivity contribution in [3.63, 3.8) is 0 Å². The molecule has 0 saturated carbocycles. The van der Waals surface area contributed by atoms with Gasteiger partial charge < -0.3 is 9.47 Å². The minimum absolute atomic E-state index is 0.0776. The van der Waals surface area contributed by atoms with Gasteiger partial charge in [0.05, 0.1) is 18.4 Å². The molecule has 132 valence electrons. The quantitative estimate of drug-likeness (QED) is 0.774. The topological polar surface area (TPSA) is 55.8 Å². The van der Waals surface area contributed by atoms with E-state index in [0.29, 0.717) is 27.7 Å². The van der Waals surface area contributed by atoms with Crippen molar-refractivity contribution in [2.24, 2.45) is 0 Å². The number of ether oxygens (including phenoxy) is 2. The van der Waals surface area contributed by atoms with Crippen molar-refractivity contribution in [3.8, 4) is 5.75 Å². The molecule has 0 spiro atoms. The van der Waals surface area contributed by atoms with Crippen molar-refractivity contribution in [2.45, 2.75) is 12.3 Å². The molecule has 0 fully saturated rings. The Morgan fingerprint density at radius 1 is 1.12 bits per heavy atom. The lowest BCUT2D eigenvalue weighted by Gasteiger charge is -2.32. The summed E-state index contributed by atoms with van der Waals surface area (Å²) in [5.41, 5.74) is 2.59. The number of hydrogen-bond acceptors (Lipinski definition) is 4. The maximum absolute atomic E-state index is 13.0. The second-order valence-corrected chi connectivity index (χ2v) is 6.58. The smallest absolute Gasteiger partial charge is 0.336 e. The summed E-state index contributed by atoms with van der Waals surface area (Å²) in [5, 5.41) is 0.582. The van der Waals surface area contributed by atoms with Crippen LogP contribution in [0.1, 0.15) is 17.9 Å². The molecule has 2 aromatic carbocycles. The van der Waals surface area contributed by atoms with E-state index in [2.05, 4.69) is 0 Å². The number of para-hydroxylation sites is 1. The molecule has 4 rings (SSSR count). The lowest BCUT2D eigenvalue weighted by atomic mass is 9.83. The molecule has 0 saturated heterocycles. The highest BCUT2D eigenvalue weighted by atomic mass is 35.5. The molecule has 1 amide bonds. The van der Waals surface area contributed by atoms with E-state index in [1.54, 1.807) is 36.3 Å². The molecular formula is C20H16ClNO4. The molecule has 0 N–H and O–H groups in total. The van der Waals surface area contributed by atoms with Gasteiger partial charge in [-0.25, -0.2) is 4.79 Å². The summed E-state index contributed by atoms with van der Waals surface area (Å²) >= 11 is 5.95. The summed E-state index contributed by atoms with van der Waals surface area (Å²) in [6.07, 6.45) is 0.164. The monoisotopic (exact) mass is 369 g/mol. The summed E-state index contributed by atoms with van der Waals surface area (Å²) in [4.78, 5) is 27.0. The number of esters is 1. The lowest BCUT2D eigenvalue weighted by Crippen LogP contribution is -2.37. The maximum Gasteiger partial charge on any atom is 0.336 e. The Morgan fingerprint density at radius 3 is 2.58 bits per heavy atom. The molecule has 2 aromatic rings. The molecule has 1 unspecified atom stereocenters. The average molecular weight is 370 g/mol. The molecule has 2 aliphatic heterocycles. The van der Waals surface area contributed by atoms with Crippen LogP contribution in [0.5, 0.6) is 5.75 Å². The molecule has 1 atom stereocenters. The number of methoxy groups -OCH3 is 1. The highest BCUT2D eigenvalue weighted by molar-refractivity contribution is 6.30. The van der Waals surface area contributed by atoms with E-state index in [9.17, 15) is 9.59 Å². The third kappa shape index (κ3) is 2.65. The summed E-state index contributed by atoms with van der Waals surface area (Å²) in [5.74, 6) is -0.216. The summed E-state index contributed by atoms with van der Waals surface area (Å²) in [6.45, 7) is 0.0776. The zero-order valence-corrected chi connectivity index (χ0v) is 14.8. The number of halogens is 1. The molecule has 2 aliphatic rings. The summed E-state index contributed by atoms with van der Waals surface area (Å²) in [7, 11) is 1.58. The Kier molecular flexibility index (Phi) is 4.17. The predicted octanol–water partition coefficient (Wildman–Crippen LogP) is 3.68. The first-order valence-corrected chi connectivity index (χ1v) is 8.59. The lowest BCUT2D eigenvalue weighted by molar-refractivity contribution is -0.136. The van der Waals surface area contributed by atoms with Crippen LogP contribution in [0.3, 0.4) is 0 Å². The molecule has 5 nitrogen and oxygen atoms in total. The van der Waals surface area contributed by atoms with Crippen molar-refractivity contribution in [1.82, 2.24) is 0 Å². The van der Waals surface area contributed by atoms with E-state index < -0.39 is 0 Å². The van der Waals surface area contributed by atoms with Gasteiger partial charge in [-0.15, -0.1) is 0 Å². The van der Waals surface area contributed by atoms with Gasteiger partial charge in [0, 0.05) is 28.6 Å². The molecule has 0 radical (unpaired) electrons. The summed E-state index contributed by atoms with van der Waals surface area (Å²) in [6, 6.07) is 14.4. The Labute approximate surface area is 155 Å². The zero-order valence-electron chi connectivity index (χ0n) is 14.1. The molecule has 2 heterocycles. The van der Waals surface area contributed by atoms with Crippen LogP contribution >= 0.6 is 11.6 Å². The highest BCUT2D eigenvalue weighted by Crippen LogP contribution is 2.44. The zero-order chi connectivity index (χ0) is 18.3. The van der Waals surface area contributed by atoms with Gasteiger partial charge in [0.2, 0.25) is 5.91 Å². The first-order chi connectivity index (χ1) is 12.6. The van der Waals surface area contributed by atoms with Gasteiger partial charge in [-0.2, -0.15) is 0 Å². The van der Waals surface area contributed by atoms with Gasteiger partial charge in [0.1, 0.15) is 12.4 Å². The van der Waals surface area contributed by atoms with Crippen LogP contribution in [0.25, 0.3) is 0 Å². The number of nitrogens with zero attached hydrogens (tertiary/aromatic N) is 1. The van der Waals surface area contributed by atoms with Crippen molar-refractivity contribution in [3.05, 3.63) is 70.4 Å². The fourth-order valence-electron chi connectivity index (χ4n) is 3.56. The number of hydrogen-bond donors (Lipinski definition) is 0. The maximum atomic E-state index is 13.0. The third-order valence-electron chi connectivity index (χ3n) is 4.72. The van der Waals surface area contributed by atoms with Gasteiger partial charge >= 0.3 is 5.97 Å². The van der Waals surface area contributed by atoms with Crippen LogP contribution in [0.4, 0.5) is 5.69 Å².